The molecule has 122 valence electrons. The van der Waals surface area contributed by atoms with Crippen LogP contribution in [0.5, 0.6) is 5.75 Å². The molecule has 2 rings (SSSR count). The second kappa shape index (κ2) is 7.67. The Morgan fingerprint density at radius 1 is 1.13 bits per heavy atom. The lowest BCUT2D eigenvalue weighted by Gasteiger charge is -2.09. The van der Waals surface area contributed by atoms with E-state index in [1.54, 1.807) is 0 Å². The van der Waals surface area contributed by atoms with E-state index in [1.807, 2.05) is 31.2 Å². The highest BCUT2D eigenvalue weighted by Gasteiger charge is 2.30. The van der Waals surface area contributed by atoms with Gasteiger partial charge in [-0.2, -0.15) is 18.3 Å². The van der Waals surface area contributed by atoms with Gasteiger partial charge in [0.2, 0.25) is 0 Å². The summed E-state index contributed by atoms with van der Waals surface area (Å²) >= 11 is 0. The molecule has 0 amide bonds. The Bertz CT molecular complexity index is 669. The van der Waals surface area contributed by atoms with Gasteiger partial charge in [0.15, 0.2) is 0 Å². The molecule has 2 aromatic carbocycles. The number of rotatable bonds is 6. The van der Waals surface area contributed by atoms with Gasteiger partial charge in [-0.1, -0.05) is 25.1 Å². The molecule has 0 atom stereocenters. The molecule has 0 radical (unpaired) electrons. The Labute approximate surface area is 132 Å². The van der Waals surface area contributed by atoms with E-state index in [0.717, 1.165) is 24.1 Å². The largest absolute Gasteiger partial charge is 0.493 e. The standard InChI is InChI=1S/C17H17F3N2O/c1-2-10-23-16-9-4-3-6-13(16)12-21-22-15-8-5-7-14(11-15)17(18,19)20/h3-9,11-12,22H,2,10H2,1H3. The number of para-hydroxylation sites is 1. The average Bonchev–Trinajstić information content (AvgIpc) is 2.53. The van der Waals surface area contributed by atoms with Crippen molar-refractivity contribution >= 4 is 11.9 Å². The van der Waals surface area contributed by atoms with Gasteiger partial charge in [-0.25, -0.2) is 0 Å². The molecule has 0 aromatic heterocycles. The molecule has 0 saturated heterocycles. The minimum absolute atomic E-state index is 0.267. The summed E-state index contributed by atoms with van der Waals surface area (Å²) < 4.78 is 43.5. The number of halogens is 3. The summed E-state index contributed by atoms with van der Waals surface area (Å²) in [5.41, 5.74) is 2.90. The van der Waals surface area contributed by atoms with E-state index in [0.29, 0.717) is 12.4 Å². The highest BCUT2D eigenvalue weighted by atomic mass is 19.4. The fraction of sp³-hybridized carbons (Fsp3) is 0.235. The number of nitrogens with one attached hydrogen (secondary N) is 1. The maximum absolute atomic E-state index is 12.6. The molecule has 0 fully saturated rings. The van der Waals surface area contributed by atoms with Crippen molar-refractivity contribution in [1.82, 2.24) is 0 Å². The van der Waals surface area contributed by atoms with Crippen molar-refractivity contribution in [3.05, 3.63) is 59.7 Å². The van der Waals surface area contributed by atoms with Crippen LogP contribution in [0.1, 0.15) is 24.5 Å². The van der Waals surface area contributed by atoms with E-state index in [9.17, 15) is 13.2 Å². The van der Waals surface area contributed by atoms with Crippen molar-refractivity contribution in [1.29, 1.82) is 0 Å². The van der Waals surface area contributed by atoms with Crippen molar-refractivity contribution in [2.45, 2.75) is 19.5 Å². The Balaban J connectivity index is 2.08. The molecule has 0 spiro atoms. The van der Waals surface area contributed by atoms with Crippen LogP contribution in [-0.4, -0.2) is 12.8 Å². The average molecular weight is 322 g/mol. The molecule has 2 aromatic rings. The monoisotopic (exact) mass is 322 g/mol. The molecule has 0 saturated carbocycles. The number of anilines is 1. The fourth-order valence-electron chi connectivity index (χ4n) is 1.87. The Hall–Kier alpha value is -2.50. The third-order valence-electron chi connectivity index (χ3n) is 2.97. The summed E-state index contributed by atoms with van der Waals surface area (Å²) in [5, 5.41) is 3.98. The third-order valence-corrected chi connectivity index (χ3v) is 2.97. The van der Waals surface area contributed by atoms with Crippen LogP contribution in [0.15, 0.2) is 53.6 Å². The molecule has 1 N–H and O–H groups in total. The molecule has 0 aliphatic carbocycles. The lowest BCUT2D eigenvalue weighted by atomic mass is 10.2. The first-order chi connectivity index (χ1) is 11.0. The van der Waals surface area contributed by atoms with Crippen LogP contribution >= 0.6 is 0 Å². The summed E-state index contributed by atoms with van der Waals surface area (Å²) in [5.74, 6) is 0.684. The van der Waals surface area contributed by atoms with Gasteiger partial charge in [0.25, 0.3) is 0 Å². The minimum atomic E-state index is -4.37. The first-order valence-electron chi connectivity index (χ1n) is 7.19. The van der Waals surface area contributed by atoms with E-state index < -0.39 is 11.7 Å². The molecule has 3 nitrogen and oxygen atoms in total. The van der Waals surface area contributed by atoms with E-state index in [1.165, 1.54) is 18.3 Å². The maximum atomic E-state index is 12.6. The van der Waals surface area contributed by atoms with Gasteiger partial charge >= 0.3 is 6.18 Å². The van der Waals surface area contributed by atoms with Crippen LogP contribution in [-0.2, 0) is 6.18 Å². The molecule has 0 aliphatic heterocycles. The summed E-state index contributed by atoms with van der Waals surface area (Å²) in [7, 11) is 0. The second-order valence-corrected chi connectivity index (χ2v) is 4.83. The lowest BCUT2D eigenvalue weighted by Crippen LogP contribution is -2.05. The molecule has 0 aliphatic rings. The molecule has 23 heavy (non-hydrogen) atoms. The van der Waals surface area contributed by atoms with Crippen LogP contribution in [0.25, 0.3) is 0 Å². The van der Waals surface area contributed by atoms with E-state index in [4.69, 9.17) is 4.74 Å². The molecular weight excluding hydrogens is 305 g/mol. The Morgan fingerprint density at radius 3 is 2.65 bits per heavy atom. The van der Waals surface area contributed by atoms with Gasteiger partial charge in [-0.05, 0) is 36.8 Å². The Kier molecular flexibility index (Phi) is 5.62. The zero-order chi connectivity index (χ0) is 16.7. The summed E-state index contributed by atoms with van der Waals surface area (Å²) in [6.45, 7) is 2.60. The molecular formula is C17H17F3N2O. The summed E-state index contributed by atoms with van der Waals surface area (Å²) in [6.07, 6.45) is -1.97. The predicted molar refractivity (Wildman–Crippen MR) is 84.9 cm³/mol. The number of hydrogen-bond acceptors (Lipinski definition) is 3. The summed E-state index contributed by atoms with van der Waals surface area (Å²) in [4.78, 5) is 0. The molecule has 0 bridgehead atoms. The number of nitrogens with zero attached hydrogens (tertiary/aromatic N) is 1. The van der Waals surface area contributed by atoms with Gasteiger partial charge in [0.05, 0.1) is 24.1 Å². The molecule has 6 heteroatoms. The van der Waals surface area contributed by atoms with Gasteiger partial charge < -0.3 is 4.74 Å². The number of hydrogen-bond donors (Lipinski definition) is 1. The fourth-order valence-corrected chi connectivity index (χ4v) is 1.87. The van der Waals surface area contributed by atoms with Crippen LogP contribution in [0.2, 0.25) is 0 Å². The summed E-state index contributed by atoms with van der Waals surface area (Å²) in [6, 6.07) is 12.2. The van der Waals surface area contributed by atoms with E-state index >= 15 is 0 Å². The topological polar surface area (TPSA) is 33.6 Å². The zero-order valence-corrected chi connectivity index (χ0v) is 12.6. The van der Waals surface area contributed by atoms with Crippen LogP contribution in [0, 0.1) is 0 Å². The highest BCUT2D eigenvalue weighted by Crippen LogP contribution is 2.30. The van der Waals surface area contributed by atoms with Gasteiger partial charge in [0.1, 0.15) is 5.75 Å². The molecule has 0 unspecified atom stereocenters. The Morgan fingerprint density at radius 2 is 1.91 bits per heavy atom. The number of benzene rings is 2. The smallest absolute Gasteiger partial charge is 0.416 e. The van der Waals surface area contributed by atoms with Crippen LogP contribution < -0.4 is 10.2 Å². The van der Waals surface area contributed by atoms with Crippen molar-refractivity contribution < 1.29 is 17.9 Å². The van der Waals surface area contributed by atoms with Gasteiger partial charge in [0, 0.05) is 5.56 Å². The van der Waals surface area contributed by atoms with E-state index in [2.05, 4.69) is 10.5 Å². The van der Waals surface area contributed by atoms with E-state index in [-0.39, 0.29) is 5.69 Å². The predicted octanol–water partition coefficient (Wildman–Crippen LogP) is 4.94. The van der Waals surface area contributed by atoms with Crippen molar-refractivity contribution in [2.24, 2.45) is 5.10 Å². The first-order valence-corrected chi connectivity index (χ1v) is 7.19. The second-order valence-electron chi connectivity index (χ2n) is 4.83. The van der Waals surface area contributed by atoms with Crippen LogP contribution in [0.4, 0.5) is 18.9 Å². The number of ether oxygens (including phenoxy) is 1. The highest BCUT2D eigenvalue weighted by molar-refractivity contribution is 5.84. The normalized spacial score (nSPS) is 11.7. The van der Waals surface area contributed by atoms with Crippen molar-refractivity contribution in [3.8, 4) is 5.75 Å². The number of hydrazone groups is 1. The maximum Gasteiger partial charge on any atom is 0.416 e. The van der Waals surface area contributed by atoms with Crippen molar-refractivity contribution in [3.63, 3.8) is 0 Å². The first kappa shape index (κ1) is 16.9. The molecule has 0 heterocycles. The lowest BCUT2D eigenvalue weighted by molar-refractivity contribution is -0.137. The zero-order valence-electron chi connectivity index (χ0n) is 12.6. The number of alkyl halides is 3. The van der Waals surface area contributed by atoms with Crippen molar-refractivity contribution in [2.75, 3.05) is 12.0 Å². The van der Waals surface area contributed by atoms with Gasteiger partial charge in [-0.3, -0.25) is 5.43 Å². The van der Waals surface area contributed by atoms with Gasteiger partial charge in [-0.15, -0.1) is 0 Å². The SMILES string of the molecule is CCCOc1ccccc1C=NNc1cccc(C(F)(F)F)c1. The third kappa shape index (κ3) is 5.02. The van der Waals surface area contributed by atoms with Crippen LogP contribution in [0.3, 0.4) is 0 Å². The quantitative estimate of drug-likeness (QED) is 0.603. The minimum Gasteiger partial charge on any atom is -0.493 e.